The predicted octanol–water partition coefficient (Wildman–Crippen LogP) is 2.20. The molecule has 0 saturated carbocycles. The highest BCUT2D eigenvalue weighted by molar-refractivity contribution is 5.92. The molecule has 7 heteroatoms. The topological polar surface area (TPSA) is 101 Å². The minimum absolute atomic E-state index is 0.0109. The van der Waals surface area contributed by atoms with Gasteiger partial charge in [0.1, 0.15) is 5.69 Å². The number of H-pyrrole nitrogens is 1. The second-order valence-corrected chi connectivity index (χ2v) is 4.26. The maximum Gasteiger partial charge on any atom is 0.269 e. The van der Waals surface area contributed by atoms with Gasteiger partial charge in [-0.3, -0.25) is 20.0 Å². The average molecular weight is 274 g/mol. The van der Waals surface area contributed by atoms with Crippen molar-refractivity contribution >= 4 is 11.6 Å². The first-order chi connectivity index (χ1) is 9.61. The van der Waals surface area contributed by atoms with Gasteiger partial charge in [-0.05, 0) is 18.1 Å². The van der Waals surface area contributed by atoms with Crippen molar-refractivity contribution in [2.45, 2.75) is 19.4 Å². The number of aromatic nitrogens is 2. The molecule has 0 saturated heterocycles. The van der Waals surface area contributed by atoms with E-state index >= 15 is 0 Å². The molecule has 2 N–H and O–H groups in total. The number of non-ortho nitro benzene ring substituents is 1. The Morgan fingerprint density at radius 1 is 1.50 bits per heavy atom. The standard InChI is InChI=1S/C13H14N4O3/c1-2-11(15-13(18)12-6-7-14-16-12)9-4-3-5-10(8-9)17(19)20/h3-8,11H,2H2,1H3,(H,14,16)(H,15,18). The van der Waals surface area contributed by atoms with Gasteiger partial charge in [-0.15, -0.1) is 0 Å². The SMILES string of the molecule is CCC(NC(=O)c1ccn[nH]1)c1cccc([N+](=O)[O-])c1. The summed E-state index contributed by atoms with van der Waals surface area (Å²) in [6.07, 6.45) is 2.12. The second kappa shape index (κ2) is 5.96. The van der Waals surface area contributed by atoms with Crippen LogP contribution in [-0.2, 0) is 0 Å². The van der Waals surface area contributed by atoms with Crippen LogP contribution < -0.4 is 5.32 Å². The van der Waals surface area contributed by atoms with Crippen molar-refractivity contribution in [1.82, 2.24) is 15.5 Å². The molecule has 0 aliphatic carbocycles. The van der Waals surface area contributed by atoms with E-state index in [9.17, 15) is 14.9 Å². The summed E-state index contributed by atoms with van der Waals surface area (Å²) in [7, 11) is 0. The maximum absolute atomic E-state index is 12.0. The summed E-state index contributed by atoms with van der Waals surface area (Å²) in [5, 5.41) is 19.9. The van der Waals surface area contributed by atoms with Crippen molar-refractivity contribution in [3.05, 3.63) is 57.9 Å². The molecule has 1 heterocycles. The summed E-state index contributed by atoms with van der Waals surface area (Å²) < 4.78 is 0. The number of carbonyl (C=O) groups excluding carboxylic acids is 1. The summed E-state index contributed by atoms with van der Waals surface area (Å²) in [5.74, 6) is -0.291. The van der Waals surface area contributed by atoms with E-state index in [1.54, 1.807) is 18.2 Å². The Labute approximate surface area is 115 Å². The normalized spacial score (nSPS) is 11.8. The molecule has 20 heavy (non-hydrogen) atoms. The lowest BCUT2D eigenvalue weighted by Crippen LogP contribution is -2.28. The van der Waals surface area contributed by atoms with Crippen molar-refractivity contribution in [2.24, 2.45) is 0 Å². The Morgan fingerprint density at radius 2 is 2.30 bits per heavy atom. The summed E-state index contributed by atoms with van der Waals surface area (Å²) in [5.41, 5.74) is 1.07. The summed E-state index contributed by atoms with van der Waals surface area (Å²) in [6.45, 7) is 1.90. The number of nitrogens with zero attached hydrogens (tertiary/aromatic N) is 2. The van der Waals surface area contributed by atoms with E-state index in [1.807, 2.05) is 6.92 Å². The molecule has 0 aliphatic heterocycles. The minimum atomic E-state index is -0.451. The molecule has 0 aliphatic rings. The second-order valence-electron chi connectivity index (χ2n) is 4.26. The van der Waals surface area contributed by atoms with E-state index in [0.717, 1.165) is 0 Å². The number of amides is 1. The Morgan fingerprint density at radius 3 is 2.90 bits per heavy atom. The summed E-state index contributed by atoms with van der Waals surface area (Å²) >= 11 is 0. The number of nitro groups is 1. The van der Waals surface area contributed by atoms with Crippen LogP contribution in [-0.4, -0.2) is 21.0 Å². The first-order valence-corrected chi connectivity index (χ1v) is 6.16. The van der Waals surface area contributed by atoms with Gasteiger partial charge < -0.3 is 5.32 Å². The van der Waals surface area contributed by atoms with Crippen molar-refractivity contribution in [2.75, 3.05) is 0 Å². The number of aromatic amines is 1. The molecule has 0 spiro atoms. The van der Waals surface area contributed by atoms with Crippen molar-refractivity contribution in [3.8, 4) is 0 Å². The van der Waals surface area contributed by atoms with Crippen LogP contribution in [0.15, 0.2) is 36.5 Å². The Kier molecular flexibility index (Phi) is 4.09. The highest BCUT2D eigenvalue weighted by atomic mass is 16.6. The largest absolute Gasteiger partial charge is 0.344 e. The van der Waals surface area contributed by atoms with Crippen LogP contribution in [0.5, 0.6) is 0 Å². The number of nitro benzene ring substituents is 1. The summed E-state index contributed by atoms with van der Waals surface area (Å²) in [6, 6.07) is 7.54. The van der Waals surface area contributed by atoms with E-state index in [-0.39, 0.29) is 17.6 Å². The molecule has 1 amide bonds. The molecule has 1 atom stereocenters. The van der Waals surface area contributed by atoms with Gasteiger partial charge in [0.25, 0.3) is 11.6 Å². The smallest absolute Gasteiger partial charge is 0.269 e. The molecule has 2 aromatic rings. The molecule has 0 fully saturated rings. The van der Waals surface area contributed by atoms with E-state index in [1.165, 1.54) is 18.3 Å². The molecule has 104 valence electrons. The Balaban J connectivity index is 2.18. The molecular formula is C13H14N4O3. The van der Waals surface area contributed by atoms with Gasteiger partial charge >= 0.3 is 0 Å². The van der Waals surface area contributed by atoms with Gasteiger partial charge in [0, 0.05) is 18.3 Å². The molecule has 0 radical (unpaired) electrons. The van der Waals surface area contributed by atoms with Gasteiger partial charge in [0.2, 0.25) is 0 Å². The fraction of sp³-hybridized carbons (Fsp3) is 0.231. The van der Waals surface area contributed by atoms with Gasteiger partial charge in [0.15, 0.2) is 0 Å². The van der Waals surface area contributed by atoms with E-state index in [2.05, 4.69) is 15.5 Å². The highest BCUT2D eigenvalue weighted by Crippen LogP contribution is 2.21. The predicted molar refractivity (Wildman–Crippen MR) is 72.2 cm³/mol. The molecule has 7 nitrogen and oxygen atoms in total. The lowest BCUT2D eigenvalue weighted by molar-refractivity contribution is -0.384. The molecule has 1 unspecified atom stereocenters. The van der Waals surface area contributed by atoms with E-state index in [4.69, 9.17) is 0 Å². The number of hydrogen-bond acceptors (Lipinski definition) is 4. The Hall–Kier alpha value is -2.70. The van der Waals surface area contributed by atoms with Crippen molar-refractivity contribution in [1.29, 1.82) is 0 Å². The van der Waals surface area contributed by atoms with Gasteiger partial charge in [-0.25, -0.2) is 0 Å². The van der Waals surface area contributed by atoms with Crippen LogP contribution in [0.2, 0.25) is 0 Å². The van der Waals surface area contributed by atoms with E-state index in [0.29, 0.717) is 17.7 Å². The van der Waals surface area contributed by atoms with Crippen LogP contribution in [0, 0.1) is 10.1 Å². The van der Waals surface area contributed by atoms with Crippen LogP contribution >= 0.6 is 0 Å². The number of carbonyl (C=O) groups is 1. The van der Waals surface area contributed by atoms with Gasteiger partial charge in [-0.1, -0.05) is 19.1 Å². The van der Waals surface area contributed by atoms with E-state index < -0.39 is 4.92 Å². The van der Waals surface area contributed by atoms with Crippen LogP contribution in [0.1, 0.15) is 35.4 Å². The maximum atomic E-state index is 12.0. The lowest BCUT2D eigenvalue weighted by Gasteiger charge is -2.16. The quantitative estimate of drug-likeness (QED) is 0.644. The molecular weight excluding hydrogens is 260 g/mol. The van der Waals surface area contributed by atoms with Crippen LogP contribution in [0.3, 0.4) is 0 Å². The number of rotatable bonds is 5. The Bertz CT molecular complexity index is 610. The fourth-order valence-corrected chi connectivity index (χ4v) is 1.89. The lowest BCUT2D eigenvalue weighted by atomic mass is 10.0. The first-order valence-electron chi connectivity index (χ1n) is 6.16. The zero-order chi connectivity index (χ0) is 14.5. The van der Waals surface area contributed by atoms with Crippen molar-refractivity contribution < 1.29 is 9.72 Å². The van der Waals surface area contributed by atoms with Crippen molar-refractivity contribution in [3.63, 3.8) is 0 Å². The monoisotopic (exact) mass is 274 g/mol. The highest BCUT2D eigenvalue weighted by Gasteiger charge is 2.17. The van der Waals surface area contributed by atoms with Crippen LogP contribution in [0.25, 0.3) is 0 Å². The van der Waals surface area contributed by atoms with Gasteiger partial charge in [-0.2, -0.15) is 5.10 Å². The van der Waals surface area contributed by atoms with Gasteiger partial charge in [0.05, 0.1) is 11.0 Å². The average Bonchev–Trinajstić information content (AvgIpc) is 2.99. The zero-order valence-corrected chi connectivity index (χ0v) is 10.9. The molecule has 1 aromatic carbocycles. The zero-order valence-electron chi connectivity index (χ0n) is 10.9. The number of nitrogens with one attached hydrogen (secondary N) is 2. The number of benzene rings is 1. The number of hydrogen-bond donors (Lipinski definition) is 2. The first kappa shape index (κ1) is 13.7. The third-order valence-electron chi connectivity index (χ3n) is 2.94. The third-order valence-corrected chi connectivity index (χ3v) is 2.94. The molecule has 2 rings (SSSR count). The van der Waals surface area contributed by atoms with Crippen LogP contribution in [0.4, 0.5) is 5.69 Å². The third kappa shape index (κ3) is 3.00. The minimum Gasteiger partial charge on any atom is -0.344 e. The molecule has 1 aromatic heterocycles. The summed E-state index contributed by atoms with van der Waals surface area (Å²) in [4.78, 5) is 22.3. The fourth-order valence-electron chi connectivity index (χ4n) is 1.89. The molecule has 0 bridgehead atoms.